The highest BCUT2D eigenvalue weighted by Crippen LogP contribution is 2.45. The van der Waals surface area contributed by atoms with E-state index in [1.54, 1.807) is 9.47 Å². The van der Waals surface area contributed by atoms with E-state index in [0.29, 0.717) is 13.0 Å². The number of hydrogen-bond donors (Lipinski definition) is 1. The summed E-state index contributed by atoms with van der Waals surface area (Å²) in [6, 6.07) is 13.1. The van der Waals surface area contributed by atoms with Crippen LogP contribution in [0.15, 0.2) is 59.5 Å². The molecule has 3 heterocycles. The van der Waals surface area contributed by atoms with Gasteiger partial charge in [0.25, 0.3) is 11.8 Å². The number of carbonyl (C=O) groups is 2. The van der Waals surface area contributed by atoms with Crippen LogP contribution < -0.4 is 15.5 Å². The molecular weight excluding hydrogens is 580 g/mol. The number of pyridine rings is 1. The van der Waals surface area contributed by atoms with E-state index in [0.717, 1.165) is 25.0 Å². The maximum absolute atomic E-state index is 14.3. The van der Waals surface area contributed by atoms with E-state index in [9.17, 15) is 23.2 Å². The molecule has 1 saturated heterocycles. The molecule has 10 heteroatoms. The van der Waals surface area contributed by atoms with E-state index in [4.69, 9.17) is 9.47 Å². The van der Waals surface area contributed by atoms with Crippen LogP contribution in [-0.4, -0.2) is 46.3 Å². The molecule has 45 heavy (non-hydrogen) atoms. The van der Waals surface area contributed by atoms with Crippen LogP contribution in [0.4, 0.5) is 8.78 Å². The first-order chi connectivity index (χ1) is 21.5. The average molecular weight is 620 g/mol. The Balaban J connectivity index is 1.40. The number of ether oxygens (including phenoxy) is 2. The van der Waals surface area contributed by atoms with Crippen LogP contribution in [0.2, 0.25) is 0 Å². The van der Waals surface area contributed by atoms with Gasteiger partial charge in [0.2, 0.25) is 5.43 Å². The van der Waals surface area contributed by atoms with E-state index in [2.05, 4.69) is 38.2 Å². The van der Waals surface area contributed by atoms with Gasteiger partial charge in [0.1, 0.15) is 23.3 Å². The molecule has 0 bridgehead atoms. The number of nitrogens with zero attached hydrogens (tertiary/aromatic N) is 2. The molecule has 3 aromatic rings. The summed E-state index contributed by atoms with van der Waals surface area (Å²) in [4.78, 5) is 43.3. The van der Waals surface area contributed by atoms with Crippen molar-refractivity contribution in [1.82, 2.24) is 14.8 Å². The molecule has 2 aromatic carbocycles. The van der Waals surface area contributed by atoms with Crippen molar-refractivity contribution in [3.63, 3.8) is 0 Å². The SMILES string of the molecule is CC(C)C1CCC(C)(c2ccccc2)CC1Oc1c2n(cc(C(=O)NCc3ccc(F)cc3F)c1=O)C[C@@H]1OC[C@@H](C)N1C2=O. The average Bonchev–Trinajstić information content (AvgIpc) is 3.38. The Morgan fingerprint density at radius 1 is 1.16 bits per heavy atom. The van der Waals surface area contributed by atoms with E-state index < -0.39 is 35.3 Å². The zero-order chi connectivity index (χ0) is 32.0. The Bertz CT molecular complexity index is 1680. The molecule has 0 radical (unpaired) electrons. The summed E-state index contributed by atoms with van der Waals surface area (Å²) in [5.74, 6) is -2.46. The fourth-order valence-electron chi connectivity index (χ4n) is 7.18. The van der Waals surface area contributed by atoms with Crippen LogP contribution in [0, 0.1) is 23.5 Å². The van der Waals surface area contributed by atoms with Gasteiger partial charge < -0.3 is 24.3 Å². The van der Waals surface area contributed by atoms with Gasteiger partial charge in [0.15, 0.2) is 17.7 Å². The van der Waals surface area contributed by atoms with Crippen LogP contribution in [0.3, 0.4) is 0 Å². The molecule has 8 nitrogen and oxygen atoms in total. The Labute approximate surface area is 261 Å². The summed E-state index contributed by atoms with van der Waals surface area (Å²) in [7, 11) is 0. The van der Waals surface area contributed by atoms with E-state index in [-0.39, 0.29) is 64.9 Å². The Morgan fingerprint density at radius 2 is 1.91 bits per heavy atom. The Morgan fingerprint density at radius 3 is 2.62 bits per heavy atom. The van der Waals surface area contributed by atoms with Gasteiger partial charge in [-0.2, -0.15) is 0 Å². The molecule has 238 valence electrons. The smallest absolute Gasteiger partial charge is 0.276 e. The second kappa shape index (κ2) is 12.0. The van der Waals surface area contributed by atoms with Gasteiger partial charge in [-0.15, -0.1) is 0 Å². The zero-order valence-corrected chi connectivity index (χ0v) is 26.0. The third-order valence-electron chi connectivity index (χ3n) is 9.80. The molecule has 2 aliphatic heterocycles. The van der Waals surface area contributed by atoms with Gasteiger partial charge in [0.05, 0.1) is 19.2 Å². The molecule has 3 aliphatic rings. The van der Waals surface area contributed by atoms with Gasteiger partial charge >= 0.3 is 0 Å². The number of carbonyl (C=O) groups excluding carboxylic acids is 2. The van der Waals surface area contributed by atoms with Gasteiger partial charge in [-0.3, -0.25) is 14.4 Å². The Hall–Kier alpha value is -4.05. The van der Waals surface area contributed by atoms with E-state index in [1.807, 2.05) is 25.1 Å². The third-order valence-corrected chi connectivity index (χ3v) is 9.80. The quantitative estimate of drug-likeness (QED) is 0.382. The van der Waals surface area contributed by atoms with Crippen LogP contribution in [0.1, 0.15) is 78.9 Å². The molecule has 1 aliphatic carbocycles. The normalized spacial score (nSPS) is 26.0. The van der Waals surface area contributed by atoms with Gasteiger partial charge in [-0.1, -0.05) is 57.2 Å². The lowest BCUT2D eigenvalue weighted by Crippen LogP contribution is -2.50. The lowest BCUT2D eigenvalue weighted by atomic mass is 9.64. The van der Waals surface area contributed by atoms with Crippen molar-refractivity contribution < 1.29 is 27.8 Å². The van der Waals surface area contributed by atoms with Crippen LogP contribution >= 0.6 is 0 Å². The number of halogens is 2. The molecular formula is C35H39F2N3O5. The largest absolute Gasteiger partial charge is 0.484 e. The van der Waals surface area contributed by atoms with Gasteiger partial charge in [-0.25, -0.2) is 8.78 Å². The maximum atomic E-state index is 14.3. The highest BCUT2D eigenvalue weighted by atomic mass is 19.1. The second-order valence-corrected chi connectivity index (χ2v) is 13.2. The number of aromatic nitrogens is 1. The van der Waals surface area contributed by atoms with Crippen molar-refractivity contribution in [1.29, 1.82) is 0 Å². The molecule has 2 amide bonds. The molecule has 3 unspecified atom stereocenters. The fraction of sp³-hybridized carbons (Fsp3) is 0.457. The van der Waals surface area contributed by atoms with Gasteiger partial charge in [0, 0.05) is 24.4 Å². The number of nitrogens with one attached hydrogen (secondary N) is 1. The van der Waals surface area contributed by atoms with E-state index >= 15 is 0 Å². The Kier molecular flexibility index (Phi) is 8.28. The fourth-order valence-corrected chi connectivity index (χ4v) is 7.18. The molecule has 5 atom stereocenters. The third kappa shape index (κ3) is 5.76. The highest BCUT2D eigenvalue weighted by molar-refractivity contribution is 5.99. The number of amides is 2. The summed E-state index contributed by atoms with van der Waals surface area (Å²) in [6.45, 7) is 8.67. The lowest BCUT2D eigenvalue weighted by molar-refractivity contribution is 0.00314. The maximum Gasteiger partial charge on any atom is 0.276 e. The topological polar surface area (TPSA) is 89.9 Å². The zero-order valence-electron chi connectivity index (χ0n) is 26.0. The molecule has 0 spiro atoms. The predicted molar refractivity (Wildman–Crippen MR) is 164 cm³/mol. The monoisotopic (exact) mass is 619 g/mol. The number of rotatable bonds is 7. The summed E-state index contributed by atoms with van der Waals surface area (Å²) < 4.78 is 41.8. The number of hydrogen-bond acceptors (Lipinski definition) is 5. The van der Waals surface area contributed by atoms with E-state index in [1.165, 1.54) is 17.8 Å². The van der Waals surface area contributed by atoms with Crippen LogP contribution in [0.25, 0.3) is 0 Å². The van der Waals surface area contributed by atoms with Crippen molar-refractivity contribution in [2.75, 3.05) is 6.61 Å². The highest BCUT2D eigenvalue weighted by Gasteiger charge is 2.46. The summed E-state index contributed by atoms with van der Waals surface area (Å²) in [5.41, 5.74) is 0.208. The van der Waals surface area contributed by atoms with Gasteiger partial charge in [-0.05, 0) is 55.1 Å². The number of fused-ring (bicyclic) bond motifs is 2. The van der Waals surface area contributed by atoms with Crippen molar-refractivity contribution in [2.24, 2.45) is 11.8 Å². The first-order valence-corrected chi connectivity index (χ1v) is 15.6. The molecule has 2 fully saturated rings. The summed E-state index contributed by atoms with van der Waals surface area (Å²) in [5, 5.41) is 2.58. The second-order valence-electron chi connectivity index (χ2n) is 13.2. The predicted octanol–water partition coefficient (Wildman–Crippen LogP) is 5.42. The molecule has 6 rings (SSSR count). The molecule has 1 aromatic heterocycles. The summed E-state index contributed by atoms with van der Waals surface area (Å²) >= 11 is 0. The minimum absolute atomic E-state index is 0.0700. The summed E-state index contributed by atoms with van der Waals surface area (Å²) in [6.07, 6.45) is 2.86. The molecule has 1 N–H and O–H groups in total. The standard InChI is InChI=1S/C35H39F2N3O5/c1-20(2)25-12-13-35(4,23-8-6-5-7-9-23)15-28(25)45-32-30-34(43)40-21(3)19-44-29(40)18-39(30)17-26(31(32)41)33(42)38-16-22-10-11-24(36)14-27(22)37/h5-11,14,17,20-21,25,28-29H,12-13,15-16,18-19H2,1-4H3,(H,38,42)/t21-,25?,28?,29+,35?/m1/s1. The van der Waals surface area contributed by atoms with Crippen molar-refractivity contribution >= 4 is 11.8 Å². The van der Waals surface area contributed by atoms with Crippen molar-refractivity contribution in [2.45, 2.75) is 83.8 Å². The van der Waals surface area contributed by atoms with Crippen LogP contribution in [-0.2, 0) is 23.2 Å². The molecule has 1 saturated carbocycles. The van der Waals surface area contributed by atoms with Crippen molar-refractivity contribution in [3.8, 4) is 5.75 Å². The van der Waals surface area contributed by atoms with Crippen molar-refractivity contribution in [3.05, 3.63) is 99.0 Å². The van der Waals surface area contributed by atoms with Crippen LogP contribution in [0.5, 0.6) is 5.75 Å². The minimum Gasteiger partial charge on any atom is -0.484 e. The number of benzene rings is 2. The minimum atomic E-state index is -0.807. The first-order valence-electron chi connectivity index (χ1n) is 15.6. The lowest BCUT2D eigenvalue weighted by Gasteiger charge is -2.44. The first kappa shape index (κ1) is 31.0.